The second kappa shape index (κ2) is 12.2. The molecule has 0 unspecified atom stereocenters. The van der Waals surface area contributed by atoms with E-state index in [9.17, 15) is 18.0 Å². The van der Waals surface area contributed by atoms with E-state index < -0.39 is 11.6 Å². The Labute approximate surface area is 258 Å². The highest BCUT2D eigenvalue weighted by Gasteiger charge is 2.46. The van der Waals surface area contributed by atoms with Crippen molar-refractivity contribution in [3.8, 4) is 0 Å². The molecule has 220 valence electrons. The molecule has 2 aliphatic heterocycles. The number of carbonyl (C=O) groups is 1. The number of benzene rings is 3. The number of halogens is 4. The minimum Gasteiger partial charge on any atom is -0.307 e. The van der Waals surface area contributed by atoms with Crippen molar-refractivity contribution in [2.75, 3.05) is 31.1 Å². The zero-order chi connectivity index (χ0) is 30.1. The Morgan fingerprint density at radius 1 is 0.953 bits per heavy atom. The molecule has 4 aromatic rings. The molecule has 0 aliphatic carbocycles. The smallest absolute Gasteiger partial charge is 0.258 e. The summed E-state index contributed by atoms with van der Waals surface area (Å²) >= 11 is 7.77. The van der Waals surface area contributed by atoms with Gasteiger partial charge in [0.2, 0.25) is 0 Å². The second-order valence-corrected chi connectivity index (χ2v) is 12.6. The molecular weight excluding hydrogens is 591 g/mol. The van der Waals surface area contributed by atoms with E-state index in [2.05, 4.69) is 16.0 Å². The van der Waals surface area contributed by atoms with Gasteiger partial charge in [0.1, 0.15) is 11.0 Å². The Morgan fingerprint density at radius 2 is 1.70 bits per heavy atom. The Balaban J connectivity index is 1.24. The highest BCUT2D eigenvalue weighted by atomic mass is 35.5. The lowest BCUT2D eigenvalue weighted by atomic mass is 9.74. The Kier molecular flexibility index (Phi) is 8.36. The van der Waals surface area contributed by atoms with Crippen LogP contribution in [0.25, 0.3) is 6.08 Å². The Morgan fingerprint density at radius 3 is 2.42 bits per heavy atom. The zero-order valence-electron chi connectivity index (χ0n) is 23.5. The number of anilines is 1. The first-order valence-corrected chi connectivity index (χ1v) is 15.3. The maximum atomic E-state index is 13.9. The number of piperidine rings is 1. The number of pyridine rings is 1. The van der Waals surface area contributed by atoms with Crippen LogP contribution in [0.2, 0.25) is 5.15 Å². The lowest BCUT2D eigenvalue weighted by Gasteiger charge is -2.39. The summed E-state index contributed by atoms with van der Waals surface area (Å²) in [4.78, 5) is 24.2. The molecule has 3 heterocycles. The third-order valence-electron chi connectivity index (χ3n) is 8.19. The van der Waals surface area contributed by atoms with Gasteiger partial charge in [-0.1, -0.05) is 41.6 Å². The summed E-state index contributed by atoms with van der Waals surface area (Å²) in [7, 11) is 0. The fourth-order valence-electron chi connectivity index (χ4n) is 5.98. The number of rotatable bonds is 6. The van der Waals surface area contributed by atoms with Gasteiger partial charge in [-0.25, -0.2) is 18.2 Å². The van der Waals surface area contributed by atoms with Crippen LogP contribution in [0.3, 0.4) is 0 Å². The van der Waals surface area contributed by atoms with E-state index in [0.717, 1.165) is 53.0 Å². The van der Waals surface area contributed by atoms with Gasteiger partial charge >= 0.3 is 0 Å². The number of aryl methyl sites for hydroxylation is 1. The highest BCUT2D eigenvalue weighted by Crippen LogP contribution is 2.49. The van der Waals surface area contributed by atoms with Crippen LogP contribution in [0.5, 0.6) is 0 Å². The van der Waals surface area contributed by atoms with Crippen LogP contribution in [-0.2, 0) is 5.41 Å². The quantitative estimate of drug-likeness (QED) is 0.203. The topological polar surface area (TPSA) is 36.4 Å². The number of aromatic nitrogens is 1. The van der Waals surface area contributed by atoms with Crippen LogP contribution in [0.15, 0.2) is 88.7 Å². The fraction of sp³-hybridized carbons (Fsp3) is 0.235. The molecular formula is C34H29ClF3N3OS. The highest BCUT2D eigenvalue weighted by molar-refractivity contribution is 7.99. The number of carbonyl (C=O) groups excluding carboxylic acids is 1. The minimum atomic E-state index is -0.859. The molecule has 3 aromatic carbocycles. The Hall–Kier alpha value is -3.59. The first-order valence-electron chi connectivity index (χ1n) is 14.1. The van der Waals surface area contributed by atoms with Crippen molar-refractivity contribution in [2.24, 2.45) is 0 Å². The van der Waals surface area contributed by atoms with Crippen LogP contribution in [0.1, 0.15) is 40.0 Å². The molecule has 0 bridgehead atoms. The lowest BCUT2D eigenvalue weighted by Crippen LogP contribution is -2.46. The maximum absolute atomic E-state index is 13.9. The molecule has 4 nitrogen and oxygen atoms in total. The van der Waals surface area contributed by atoms with Gasteiger partial charge in [-0.05, 0) is 111 Å². The van der Waals surface area contributed by atoms with Crippen LogP contribution >= 0.6 is 23.4 Å². The average Bonchev–Trinajstić information content (AvgIpc) is 3.29. The largest absolute Gasteiger partial charge is 0.307 e. The monoisotopic (exact) mass is 619 g/mol. The summed E-state index contributed by atoms with van der Waals surface area (Å²) in [6, 6.07) is 19.9. The van der Waals surface area contributed by atoms with Crippen molar-refractivity contribution in [3.05, 3.63) is 124 Å². The van der Waals surface area contributed by atoms with E-state index in [-0.39, 0.29) is 22.3 Å². The lowest BCUT2D eigenvalue weighted by molar-refractivity contribution is 0.0977. The van der Waals surface area contributed by atoms with E-state index in [0.29, 0.717) is 29.9 Å². The van der Waals surface area contributed by atoms with E-state index in [4.69, 9.17) is 11.6 Å². The van der Waals surface area contributed by atoms with E-state index >= 15 is 0 Å². The minimum absolute atomic E-state index is 0.110. The van der Waals surface area contributed by atoms with E-state index in [1.807, 2.05) is 30.0 Å². The third-order valence-corrected chi connectivity index (χ3v) is 9.38. The fourth-order valence-corrected chi connectivity index (χ4v) is 7.09. The zero-order valence-corrected chi connectivity index (χ0v) is 25.1. The molecule has 2 aliphatic rings. The molecule has 1 aromatic heterocycles. The number of nitrogens with zero attached hydrogens (tertiary/aromatic N) is 3. The molecule has 1 saturated heterocycles. The maximum Gasteiger partial charge on any atom is 0.258 e. The molecule has 0 N–H and O–H groups in total. The summed E-state index contributed by atoms with van der Waals surface area (Å²) in [5.41, 5.74) is 3.61. The van der Waals surface area contributed by atoms with Crippen molar-refractivity contribution in [3.63, 3.8) is 0 Å². The predicted octanol–water partition coefficient (Wildman–Crippen LogP) is 8.32. The molecule has 1 amide bonds. The number of likely N-dealkylation sites (tertiary alicyclic amines) is 1. The Bertz CT molecular complexity index is 1680. The van der Waals surface area contributed by atoms with Crippen molar-refractivity contribution < 1.29 is 18.0 Å². The number of fused-ring (bicyclic) bond motifs is 2. The van der Waals surface area contributed by atoms with Gasteiger partial charge in [0, 0.05) is 45.2 Å². The third kappa shape index (κ3) is 6.37. The van der Waals surface area contributed by atoms with Crippen molar-refractivity contribution in [1.82, 2.24) is 9.88 Å². The summed E-state index contributed by atoms with van der Waals surface area (Å²) < 4.78 is 40.3. The van der Waals surface area contributed by atoms with Gasteiger partial charge < -0.3 is 4.90 Å². The standard InChI is InChI=1S/C34H29ClF3N3OS/c1-22-17-24(19-32(35)39-22)33(42)41-21-34(28-20-27(9-11-31(28)41)43-26-7-5-25(36)6-8-26)12-15-40(16-13-34)14-2-3-23-4-10-29(37)30(38)18-23/h2-11,17-20H,12-16,21H2,1H3. The number of hydrogen-bond donors (Lipinski definition) is 0. The average molecular weight is 620 g/mol. The molecule has 1 fully saturated rings. The molecule has 0 atom stereocenters. The van der Waals surface area contributed by atoms with Gasteiger partial charge in [0.05, 0.1) is 0 Å². The van der Waals surface area contributed by atoms with Gasteiger partial charge in [-0.2, -0.15) is 0 Å². The summed E-state index contributed by atoms with van der Waals surface area (Å²) in [6.07, 6.45) is 5.47. The van der Waals surface area contributed by atoms with E-state index in [1.54, 1.807) is 48.2 Å². The summed E-state index contributed by atoms with van der Waals surface area (Å²) in [5, 5.41) is 0.285. The number of hydrogen-bond acceptors (Lipinski definition) is 4. The van der Waals surface area contributed by atoms with Crippen LogP contribution in [0.4, 0.5) is 18.9 Å². The molecule has 9 heteroatoms. The van der Waals surface area contributed by atoms with E-state index in [1.165, 1.54) is 18.2 Å². The predicted molar refractivity (Wildman–Crippen MR) is 165 cm³/mol. The van der Waals surface area contributed by atoms with Crippen molar-refractivity contribution in [1.29, 1.82) is 0 Å². The SMILES string of the molecule is Cc1cc(C(=O)N2CC3(CCN(CC=Cc4ccc(F)c(F)c4)CC3)c3cc(Sc4ccc(F)cc4)ccc32)cc(Cl)n1. The van der Waals surface area contributed by atoms with Crippen LogP contribution in [0, 0.1) is 24.4 Å². The first kappa shape index (κ1) is 29.5. The van der Waals surface area contributed by atoms with Crippen molar-refractivity contribution >= 4 is 41.0 Å². The van der Waals surface area contributed by atoms with Gasteiger partial charge in [-0.15, -0.1) is 0 Å². The molecule has 1 spiro atoms. The molecule has 43 heavy (non-hydrogen) atoms. The second-order valence-electron chi connectivity index (χ2n) is 11.1. The van der Waals surface area contributed by atoms with Gasteiger partial charge in [-0.3, -0.25) is 9.69 Å². The summed E-state index contributed by atoms with van der Waals surface area (Å²) in [6.45, 7) is 4.69. The van der Waals surface area contributed by atoms with Crippen LogP contribution < -0.4 is 4.90 Å². The molecule has 0 radical (unpaired) electrons. The normalized spacial score (nSPS) is 16.3. The van der Waals surface area contributed by atoms with Crippen molar-refractivity contribution in [2.45, 2.75) is 35.0 Å². The first-order chi connectivity index (χ1) is 20.7. The number of amides is 1. The van der Waals surface area contributed by atoms with Gasteiger partial charge in [0.15, 0.2) is 11.6 Å². The molecule has 6 rings (SSSR count). The molecule has 0 saturated carbocycles. The summed E-state index contributed by atoms with van der Waals surface area (Å²) in [5.74, 6) is -2.10. The van der Waals surface area contributed by atoms with Crippen LogP contribution in [-0.4, -0.2) is 42.0 Å². The van der Waals surface area contributed by atoms with Gasteiger partial charge in [0.25, 0.3) is 5.91 Å².